The first-order valence-corrected chi connectivity index (χ1v) is 11.2. The summed E-state index contributed by atoms with van der Waals surface area (Å²) < 4.78 is 25.6. The molecule has 3 heterocycles. The third kappa shape index (κ3) is 3.40. The first-order valence-electron chi connectivity index (χ1n) is 9.35. The summed E-state index contributed by atoms with van der Waals surface area (Å²) in [7, 11) is 0. The second kappa shape index (κ2) is 7.60. The Kier molecular flexibility index (Phi) is 5.29. The lowest BCUT2D eigenvalue weighted by atomic mass is 10.1. The fourth-order valence-corrected chi connectivity index (χ4v) is 6.43. The molecule has 1 aromatic heterocycles. The standard InChI is InChI=1S/C20H20FNO5S2/c1-3-26-19(25)17-11(16-12(21)5-4-6-14(16)29-17)9-27-18(24)13-10-28-20(2)8-7-15(23)22(13)20/h4-6,13H,3,7-10H2,1-2H3/t13-,20-/m0/s1. The minimum atomic E-state index is -0.666. The van der Waals surface area contributed by atoms with E-state index in [-0.39, 0.29) is 34.3 Å². The number of fused-ring (bicyclic) bond motifs is 2. The zero-order chi connectivity index (χ0) is 20.8. The molecule has 1 aromatic carbocycles. The molecule has 0 aliphatic carbocycles. The molecule has 0 spiro atoms. The van der Waals surface area contributed by atoms with Gasteiger partial charge in [-0.2, -0.15) is 0 Å². The first kappa shape index (κ1) is 20.2. The maximum absolute atomic E-state index is 14.5. The van der Waals surface area contributed by atoms with E-state index in [1.54, 1.807) is 35.7 Å². The zero-order valence-corrected chi connectivity index (χ0v) is 17.7. The Hall–Kier alpha value is -2.13. The summed E-state index contributed by atoms with van der Waals surface area (Å²) in [4.78, 5) is 38.8. The Bertz CT molecular complexity index is 1010. The van der Waals surface area contributed by atoms with Crippen LogP contribution in [-0.2, 0) is 25.7 Å². The van der Waals surface area contributed by atoms with Crippen LogP contribution in [0.4, 0.5) is 4.39 Å². The largest absolute Gasteiger partial charge is 0.462 e. The molecule has 2 aliphatic heterocycles. The molecular formula is C20H20FNO5S2. The second-order valence-electron chi connectivity index (χ2n) is 7.12. The molecule has 1 amide bonds. The molecule has 2 aliphatic rings. The molecule has 0 radical (unpaired) electrons. The predicted molar refractivity (Wildman–Crippen MR) is 108 cm³/mol. The van der Waals surface area contributed by atoms with Crippen molar-refractivity contribution in [3.63, 3.8) is 0 Å². The van der Waals surface area contributed by atoms with E-state index in [0.29, 0.717) is 28.9 Å². The monoisotopic (exact) mass is 437 g/mol. The quantitative estimate of drug-likeness (QED) is 0.664. The highest BCUT2D eigenvalue weighted by Crippen LogP contribution is 2.47. The SMILES string of the molecule is CCOC(=O)c1sc2cccc(F)c2c1COC(=O)[C@@H]1CS[C@@]2(C)CCC(=O)N12. The molecule has 4 rings (SSSR count). The highest BCUT2D eigenvalue weighted by molar-refractivity contribution is 8.01. The molecule has 0 N–H and O–H groups in total. The lowest BCUT2D eigenvalue weighted by Gasteiger charge is -2.29. The summed E-state index contributed by atoms with van der Waals surface area (Å²) in [5, 5.41) is 0.260. The van der Waals surface area contributed by atoms with Crippen LogP contribution in [0.25, 0.3) is 10.1 Å². The van der Waals surface area contributed by atoms with Crippen LogP contribution in [0.15, 0.2) is 18.2 Å². The van der Waals surface area contributed by atoms with Crippen molar-refractivity contribution in [2.24, 2.45) is 0 Å². The van der Waals surface area contributed by atoms with E-state index in [1.807, 2.05) is 6.92 Å². The highest BCUT2D eigenvalue weighted by atomic mass is 32.2. The van der Waals surface area contributed by atoms with Crippen molar-refractivity contribution in [1.29, 1.82) is 0 Å². The Morgan fingerprint density at radius 2 is 2.14 bits per heavy atom. The number of ether oxygens (including phenoxy) is 2. The summed E-state index contributed by atoms with van der Waals surface area (Å²) in [5.41, 5.74) is 0.302. The van der Waals surface area contributed by atoms with E-state index in [1.165, 1.54) is 6.07 Å². The maximum Gasteiger partial charge on any atom is 0.348 e. The summed E-state index contributed by atoms with van der Waals surface area (Å²) in [6.07, 6.45) is 1.12. The fraction of sp³-hybridized carbons (Fsp3) is 0.450. The van der Waals surface area contributed by atoms with Gasteiger partial charge in [0.15, 0.2) is 0 Å². The number of carbonyl (C=O) groups excluding carboxylic acids is 3. The lowest BCUT2D eigenvalue weighted by Crippen LogP contribution is -2.46. The van der Waals surface area contributed by atoms with Crippen LogP contribution in [0.1, 0.15) is 41.9 Å². The van der Waals surface area contributed by atoms with Gasteiger partial charge in [-0.15, -0.1) is 23.1 Å². The van der Waals surface area contributed by atoms with E-state index < -0.39 is 23.8 Å². The number of thiophene rings is 1. The Balaban J connectivity index is 1.59. The van der Waals surface area contributed by atoms with Crippen LogP contribution >= 0.6 is 23.1 Å². The molecule has 2 atom stereocenters. The first-order chi connectivity index (χ1) is 13.9. The van der Waals surface area contributed by atoms with E-state index in [2.05, 4.69) is 0 Å². The molecule has 0 saturated carbocycles. The number of esters is 2. The number of hydrogen-bond donors (Lipinski definition) is 0. The normalized spacial score (nSPS) is 23.5. The van der Waals surface area contributed by atoms with Gasteiger partial charge < -0.3 is 14.4 Å². The van der Waals surface area contributed by atoms with Crippen LogP contribution in [-0.4, -0.2) is 46.0 Å². The molecule has 2 aromatic rings. The van der Waals surface area contributed by atoms with Gasteiger partial charge in [0, 0.05) is 27.8 Å². The topological polar surface area (TPSA) is 72.9 Å². The summed E-state index contributed by atoms with van der Waals surface area (Å²) in [6.45, 7) is 3.57. The molecule has 29 heavy (non-hydrogen) atoms. The Labute approximate surface area is 175 Å². The van der Waals surface area contributed by atoms with E-state index in [9.17, 15) is 18.8 Å². The second-order valence-corrected chi connectivity index (χ2v) is 9.67. The minimum absolute atomic E-state index is 0.0568. The van der Waals surface area contributed by atoms with Crippen molar-refractivity contribution in [3.05, 3.63) is 34.5 Å². The number of benzene rings is 1. The summed E-state index contributed by atoms with van der Waals surface area (Å²) in [6, 6.07) is 3.91. The van der Waals surface area contributed by atoms with Gasteiger partial charge >= 0.3 is 11.9 Å². The molecule has 2 saturated heterocycles. The van der Waals surface area contributed by atoms with E-state index >= 15 is 0 Å². The third-order valence-electron chi connectivity index (χ3n) is 5.30. The van der Waals surface area contributed by atoms with Crippen molar-refractivity contribution in [3.8, 4) is 0 Å². The Morgan fingerprint density at radius 3 is 2.90 bits per heavy atom. The van der Waals surface area contributed by atoms with Crippen LogP contribution in [0.5, 0.6) is 0 Å². The number of hydrogen-bond acceptors (Lipinski definition) is 7. The van der Waals surface area contributed by atoms with Gasteiger partial charge in [0.05, 0.1) is 11.5 Å². The van der Waals surface area contributed by atoms with Crippen molar-refractivity contribution in [2.45, 2.75) is 44.2 Å². The van der Waals surface area contributed by atoms with Gasteiger partial charge in [-0.05, 0) is 32.4 Å². The number of halogens is 1. The van der Waals surface area contributed by atoms with Gasteiger partial charge in [0.2, 0.25) is 5.91 Å². The van der Waals surface area contributed by atoms with Gasteiger partial charge in [-0.25, -0.2) is 14.0 Å². The maximum atomic E-state index is 14.5. The average Bonchev–Trinajstić information content (AvgIpc) is 3.32. The molecule has 154 valence electrons. The van der Waals surface area contributed by atoms with E-state index in [0.717, 1.165) is 11.3 Å². The molecule has 0 unspecified atom stereocenters. The van der Waals surface area contributed by atoms with Crippen molar-refractivity contribution in [1.82, 2.24) is 4.90 Å². The predicted octanol–water partition coefficient (Wildman–Crippen LogP) is 3.71. The Morgan fingerprint density at radius 1 is 1.34 bits per heavy atom. The van der Waals surface area contributed by atoms with Gasteiger partial charge in [-0.3, -0.25) is 4.79 Å². The number of carbonyl (C=O) groups is 3. The molecule has 6 nitrogen and oxygen atoms in total. The van der Waals surface area contributed by atoms with Crippen LogP contribution in [0.2, 0.25) is 0 Å². The molecular weight excluding hydrogens is 417 g/mol. The number of thioether (sulfide) groups is 1. The minimum Gasteiger partial charge on any atom is -0.462 e. The van der Waals surface area contributed by atoms with Crippen LogP contribution in [0, 0.1) is 5.82 Å². The third-order valence-corrected chi connectivity index (χ3v) is 7.98. The van der Waals surface area contributed by atoms with Crippen LogP contribution < -0.4 is 0 Å². The molecule has 9 heteroatoms. The number of amides is 1. The average molecular weight is 438 g/mol. The molecule has 0 bridgehead atoms. The van der Waals surface area contributed by atoms with Gasteiger partial charge in [0.25, 0.3) is 0 Å². The number of nitrogens with zero attached hydrogens (tertiary/aromatic N) is 1. The summed E-state index contributed by atoms with van der Waals surface area (Å²) >= 11 is 2.68. The van der Waals surface area contributed by atoms with Gasteiger partial charge in [0.1, 0.15) is 23.3 Å². The van der Waals surface area contributed by atoms with Gasteiger partial charge in [-0.1, -0.05) is 6.07 Å². The fourth-order valence-electron chi connectivity index (χ4n) is 3.90. The van der Waals surface area contributed by atoms with Crippen molar-refractivity contribution < 1.29 is 28.2 Å². The zero-order valence-electron chi connectivity index (χ0n) is 16.0. The van der Waals surface area contributed by atoms with Crippen molar-refractivity contribution in [2.75, 3.05) is 12.4 Å². The number of rotatable bonds is 5. The van der Waals surface area contributed by atoms with E-state index in [4.69, 9.17) is 9.47 Å². The van der Waals surface area contributed by atoms with Crippen LogP contribution in [0.3, 0.4) is 0 Å². The lowest BCUT2D eigenvalue weighted by molar-refractivity contribution is -0.154. The highest BCUT2D eigenvalue weighted by Gasteiger charge is 2.53. The molecule has 2 fully saturated rings. The smallest absolute Gasteiger partial charge is 0.348 e. The van der Waals surface area contributed by atoms with Crippen molar-refractivity contribution >= 4 is 51.0 Å². The summed E-state index contributed by atoms with van der Waals surface area (Å²) in [5.74, 6) is -1.19.